The van der Waals surface area contributed by atoms with E-state index in [1.807, 2.05) is 11.4 Å². The third kappa shape index (κ3) is 2.86. The van der Waals surface area contributed by atoms with Gasteiger partial charge >= 0.3 is 0 Å². The lowest BCUT2D eigenvalue weighted by molar-refractivity contribution is 0.627. The summed E-state index contributed by atoms with van der Waals surface area (Å²) in [5.41, 5.74) is 5.85. The van der Waals surface area contributed by atoms with Gasteiger partial charge in [0.15, 0.2) is 5.51 Å². The van der Waals surface area contributed by atoms with Crippen LogP contribution in [0.1, 0.15) is 0 Å². The number of rotatable bonds is 3. The van der Waals surface area contributed by atoms with Gasteiger partial charge in [-0.05, 0) is 36.4 Å². The van der Waals surface area contributed by atoms with Gasteiger partial charge in [0.25, 0.3) is 0 Å². The normalized spacial score (nSPS) is 10.9. The van der Waals surface area contributed by atoms with E-state index in [0.717, 1.165) is 26.7 Å². The fourth-order valence-electron chi connectivity index (χ4n) is 2.32. The first-order valence-electron chi connectivity index (χ1n) is 7.05. The molecule has 0 unspecified atom stereocenters. The lowest BCUT2D eigenvalue weighted by Crippen LogP contribution is -1.83. The van der Waals surface area contributed by atoms with Crippen molar-refractivity contribution in [2.24, 2.45) is 0 Å². The van der Waals surface area contributed by atoms with Crippen LogP contribution < -0.4 is 0 Å². The first kappa shape index (κ1) is 15.1. The lowest BCUT2D eigenvalue weighted by Gasteiger charge is -2.00. The highest BCUT2D eigenvalue weighted by atomic mass is 32.1. The molecule has 0 aliphatic heterocycles. The van der Waals surface area contributed by atoms with E-state index in [4.69, 9.17) is 0 Å². The number of hydrogen-bond donors (Lipinski definition) is 0. The van der Waals surface area contributed by atoms with E-state index >= 15 is 0 Å². The zero-order chi connectivity index (χ0) is 16.5. The molecule has 24 heavy (non-hydrogen) atoms. The van der Waals surface area contributed by atoms with Gasteiger partial charge in [-0.1, -0.05) is 12.1 Å². The van der Waals surface area contributed by atoms with Crippen LogP contribution in [0.2, 0.25) is 0 Å². The van der Waals surface area contributed by atoms with Crippen molar-refractivity contribution in [1.29, 1.82) is 0 Å². The molecule has 2 aromatic carbocycles. The Labute approximate surface area is 145 Å². The van der Waals surface area contributed by atoms with Crippen LogP contribution in [0.4, 0.5) is 8.78 Å². The molecule has 4 rings (SSSR count). The Bertz CT molecular complexity index is 990. The second-order valence-corrected chi connectivity index (χ2v) is 6.69. The molecule has 0 saturated heterocycles. The quantitative estimate of drug-likeness (QED) is 0.472. The predicted molar refractivity (Wildman–Crippen MR) is 92.8 cm³/mol. The minimum atomic E-state index is -0.292. The van der Waals surface area contributed by atoms with Gasteiger partial charge in [0.2, 0.25) is 0 Å². The Balaban J connectivity index is 1.74. The van der Waals surface area contributed by atoms with Crippen LogP contribution in [0, 0.1) is 17.1 Å². The number of nitrogens with zero attached hydrogens (tertiary/aromatic N) is 2. The van der Waals surface area contributed by atoms with E-state index in [2.05, 4.69) is 15.5 Å². The summed E-state index contributed by atoms with van der Waals surface area (Å²) in [7, 11) is 0. The van der Waals surface area contributed by atoms with Crippen molar-refractivity contribution >= 4 is 22.7 Å². The number of halogens is 2. The van der Waals surface area contributed by atoms with E-state index in [-0.39, 0.29) is 11.6 Å². The highest BCUT2D eigenvalue weighted by Gasteiger charge is 2.15. The zero-order valence-corrected chi connectivity index (χ0v) is 13.8. The molecule has 2 heterocycles. The number of aromatic nitrogens is 2. The monoisotopic (exact) mass is 355 g/mol. The molecule has 0 bridgehead atoms. The first-order valence-corrected chi connectivity index (χ1v) is 8.75. The van der Waals surface area contributed by atoms with Crippen LogP contribution in [0.3, 0.4) is 0 Å². The highest BCUT2D eigenvalue weighted by Crippen LogP contribution is 2.37. The van der Waals surface area contributed by atoms with Crippen molar-refractivity contribution in [3.8, 4) is 32.4 Å². The van der Waals surface area contributed by atoms with Gasteiger partial charge in [-0.15, -0.1) is 22.7 Å². The summed E-state index contributed by atoms with van der Waals surface area (Å²) in [4.78, 5) is 9.73. The Hall–Kier alpha value is -2.44. The Kier molecular flexibility index (Phi) is 3.92. The molecular weight excluding hydrogens is 346 g/mol. The summed E-state index contributed by atoms with van der Waals surface area (Å²) in [5.74, 6) is -0.581. The SMILES string of the molecule is Fc1ccc(-c2n[c]sc2-c2nc(-c3cccc(F)c3)cs2)cc1. The summed E-state index contributed by atoms with van der Waals surface area (Å²) in [6, 6.07) is 12.5. The molecule has 117 valence electrons. The van der Waals surface area contributed by atoms with Crippen molar-refractivity contribution in [2.75, 3.05) is 0 Å². The molecule has 6 heteroatoms. The van der Waals surface area contributed by atoms with Gasteiger partial charge in [-0.25, -0.2) is 18.7 Å². The Morgan fingerprint density at radius 2 is 1.75 bits per heavy atom. The van der Waals surface area contributed by atoms with Gasteiger partial charge in [-0.3, -0.25) is 0 Å². The number of thiazole rings is 2. The van der Waals surface area contributed by atoms with Gasteiger partial charge in [-0.2, -0.15) is 0 Å². The smallest absolute Gasteiger partial charge is 0.153 e. The molecule has 0 aliphatic rings. The third-order valence-electron chi connectivity index (χ3n) is 3.46. The number of benzene rings is 2. The van der Waals surface area contributed by atoms with Gasteiger partial charge in [0.05, 0.1) is 16.3 Å². The third-order valence-corrected chi connectivity index (χ3v) is 5.22. The van der Waals surface area contributed by atoms with E-state index in [0.29, 0.717) is 5.69 Å². The molecule has 0 N–H and O–H groups in total. The largest absolute Gasteiger partial charge is 0.235 e. The summed E-state index contributed by atoms with van der Waals surface area (Å²) < 4.78 is 26.5. The summed E-state index contributed by atoms with van der Waals surface area (Å²) in [6.45, 7) is 0. The fourth-order valence-corrected chi connectivity index (χ4v) is 3.98. The molecule has 0 aliphatic carbocycles. The van der Waals surface area contributed by atoms with Crippen LogP contribution in [0.15, 0.2) is 53.9 Å². The van der Waals surface area contributed by atoms with E-state index in [1.54, 1.807) is 18.2 Å². The standard InChI is InChI=1S/C18H9F2N2S2/c19-13-6-4-11(5-7-13)16-17(24-10-21-16)18-22-15(9-23-18)12-2-1-3-14(20)8-12/h1-9H. The van der Waals surface area contributed by atoms with Crippen LogP contribution in [-0.2, 0) is 0 Å². The second-order valence-electron chi connectivity index (χ2n) is 5.04. The molecule has 2 nitrogen and oxygen atoms in total. The summed E-state index contributed by atoms with van der Waals surface area (Å²) in [5, 5.41) is 2.67. The van der Waals surface area contributed by atoms with Crippen LogP contribution in [0.25, 0.3) is 32.4 Å². The Morgan fingerprint density at radius 1 is 0.917 bits per heavy atom. The van der Waals surface area contributed by atoms with Crippen molar-refractivity contribution < 1.29 is 8.78 Å². The fraction of sp³-hybridized carbons (Fsp3) is 0. The average Bonchev–Trinajstić information content (AvgIpc) is 3.24. The number of hydrogen-bond acceptors (Lipinski definition) is 4. The summed E-state index contributed by atoms with van der Waals surface area (Å²) >= 11 is 2.82. The van der Waals surface area contributed by atoms with E-state index in [9.17, 15) is 8.78 Å². The van der Waals surface area contributed by atoms with Gasteiger partial charge in [0, 0.05) is 16.5 Å². The minimum absolute atomic E-state index is 0.290. The van der Waals surface area contributed by atoms with Crippen molar-refractivity contribution in [1.82, 2.24) is 9.97 Å². The maximum atomic E-state index is 13.4. The molecular formula is C18H9F2N2S2. The first-order chi connectivity index (χ1) is 11.7. The van der Waals surface area contributed by atoms with E-state index < -0.39 is 0 Å². The maximum Gasteiger partial charge on any atom is 0.153 e. The average molecular weight is 355 g/mol. The van der Waals surface area contributed by atoms with Gasteiger partial charge in [0.1, 0.15) is 16.6 Å². The molecule has 0 spiro atoms. The van der Waals surface area contributed by atoms with E-state index in [1.165, 1.54) is 46.9 Å². The predicted octanol–water partition coefficient (Wildman–Crippen LogP) is 5.68. The van der Waals surface area contributed by atoms with Gasteiger partial charge < -0.3 is 0 Å². The van der Waals surface area contributed by atoms with Crippen LogP contribution in [0.5, 0.6) is 0 Å². The maximum absolute atomic E-state index is 13.4. The topological polar surface area (TPSA) is 25.8 Å². The van der Waals surface area contributed by atoms with Crippen LogP contribution in [-0.4, -0.2) is 9.97 Å². The minimum Gasteiger partial charge on any atom is -0.235 e. The second kappa shape index (κ2) is 6.22. The van der Waals surface area contributed by atoms with Crippen LogP contribution >= 0.6 is 22.7 Å². The van der Waals surface area contributed by atoms with Crippen molar-refractivity contribution in [2.45, 2.75) is 0 Å². The van der Waals surface area contributed by atoms with Crippen molar-refractivity contribution in [3.05, 3.63) is 71.1 Å². The molecule has 0 fully saturated rings. The Morgan fingerprint density at radius 3 is 2.54 bits per heavy atom. The summed E-state index contributed by atoms with van der Waals surface area (Å²) in [6.07, 6.45) is 0. The van der Waals surface area contributed by atoms with Crippen molar-refractivity contribution in [3.63, 3.8) is 0 Å². The molecule has 0 atom stereocenters. The lowest BCUT2D eigenvalue weighted by atomic mass is 10.1. The highest BCUT2D eigenvalue weighted by molar-refractivity contribution is 7.20. The molecule has 0 amide bonds. The molecule has 1 radical (unpaired) electrons. The molecule has 0 saturated carbocycles. The molecule has 2 aromatic heterocycles. The molecule has 4 aromatic rings. The zero-order valence-electron chi connectivity index (χ0n) is 12.2.